The molecule has 2 aromatic rings. The van der Waals surface area contributed by atoms with Crippen LogP contribution in [0.3, 0.4) is 0 Å². The van der Waals surface area contributed by atoms with E-state index in [0.717, 1.165) is 22.4 Å². The van der Waals surface area contributed by atoms with Gasteiger partial charge in [0.1, 0.15) is 10.7 Å². The topological polar surface area (TPSA) is 58.5 Å². The molecular formula is C19H19ClN2O2S. The van der Waals surface area contributed by atoms with Crippen molar-refractivity contribution < 1.29 is 8.42 Å². The van der Waals surface area contributed by atoms with Crippen molar-refractivity contribution >= 4 is 38.1 Å². The largest absolute Gasteiger partial charge is 0.339 e. The predicted octanol–water partition coefficient (Wildman–Crippen LogP) is 4.85. The Bertz CT molecular complexity index is 997. The zero-order valence-electron chi connectivity index (χ0n) is 14.5. The molecule has 0 bridgehead atoms. The van der Waals surface area contributed by atoms with Gasteiger partial charge in [0, 0.05) is 16.3 Å². The molecular weight excluding hydrogens is 356 g/mol. The Morgan fingerprint density at radius 1 is 0.960 bits per heavy atom. The normalized spacial score (nSPS) is 16.1. The Hall–Kier alpha value is -2.11. The molecule has 0 aliphatic carbocycles. The van der Waals surface area contributed by atoms with Gasteiger partial charge in [0.25, 0.3) is 10.0 Å². The van der Waals surface area contributed by atoms with Crippen LogP contribution in [-0.2, 0) is 10.0 Å². The molecule has 1 aliphatic rings. The van der Waals surface area contributed by atoms with E-state index in [4.69, 9.17) is 11.6 Å². The fraction of sp³-hybridized carbons (Fsp3) is 0.211. The number of amidine groups is 1. The first-order valence-electron chi connectivity index (χ1n) is 7.86. The second-order valence-corrected chi connectivity index (χ2v) is 8.25. The molecule has 0 unspecified atom stereocenters. The van der Waals surface area contributed by atoms with E-state index in [9.17, 15) is 8.42 Å². The molecule has 1 aliphatic heterocycles. The number of halogens is 1. The summed E-state index contributed by atoms with van der Waals surface area (Å²) in [6.07, 6.45) is 0. The highest BCUT2D eigenvalue weighted by Gasteiger charge is 2.31. The third-order valence-corrected chi connectivity index (χ3v) is 5.92. The van der Waals surface area contributed by atoms with Gasteiger partial charge in [-0.25, -0.2) is 0 Å². The van der Waals surface area contributed by atoms with Crippen molar-refractivity contribution in [3.63, 3.8) is 0 Å². The fourth-order valence-corrected chi connectivity index (χ4v) is 4.67. The Morgan fingerprint density at radius 3 is 2.08 bits per heavy atom. The van der Waals surface area contributed by atoms with Gasteiger partial charge in [-0.05, 0) is 56.5 Å². The molecule has 6 heteroatoms. The Balaban J connectivity index is 2.06. The van der Waals surface area contributed by atoms with Crippen LogP contribution in [0.15, 0.2) is 46.4 Å². The average molecular weight is 375 g/mol. The summed E-state index contributed by atoms with van der Waals surface area (Å²) in [5.74, 6) is 0.361. The third kappa shape index (κ3) is 3.34. The van der Waals surface area contributed by atoms with Crippen molar-refractivity contribution in [2.45, 2.75) is 27.7 Å². The van der Waals surface area contributed by atoms with Crippen LogP contribution < -0.4 is 5.32 Å². The average Bonchev–Trinajstić information content (AvgIpc) is 2.73. The molecule has 1 N–H and O–H groups in total. The first-order valence-corrected chi connectivity index (χ1v) is 9.68. The lowest BCUT2D eigenvalue weighted by Gasteiger charge is -2.14. The lowest BCUT2D eigenvalue weighted by atomic mass is 10.0. The zero-order chi connectivity index (χ0) is 18.4. The standard InChI is InChI=1S/C19H19ClN2O2S/c1-11-9-12(2)17(13(3)10-11)21-19-14(4)18(25(23,24)22-19)15-5-7-16(20)8-6-15/h5-10H,1-4H3,(H,21,22). The van der Waals surface area contributed by atoms with Gasteiger partial charge in [-0.15, -0.1) is 4.40 Å². The van der Waals surface area contributed by atoms with Crippen molar-refractivity contribution in [2.75, 3.05) is 5.32 Å². The van der Waals surface area contributed by atoms with Gasteiger partial charge in [0.15, 0.2) is 0 Å². The summed E-state index contributed by atoms with van der Waals surface area (Å²) in [5, 5.41) is 3.77. The van der Waals surface area contributed by atoms with Crippen LogP contribution in [0.25, 0.3) is 4.91 Å². The van der Waals surface area contributed by atoms with Crippen LogP contribution in [0.2, 0.25) is 5.02 Å². The number of hydrogen-bond donors (Lipinski definition) is 1. The lowest BCUT2D eigenvalue weighted by Crippen LogP contribution is -2.13. The Kier molecular flexibility index (Phi) is 4.47. The monoisotopic (exact) mass is 374 g/mol. The Labute approximate surface area is 153 Å². The fourth-order valence-electron chi connectivity index (χ4n) is 3.11. The van der Waals surface area contributed by atoms with Crippen LogP contribution >= 0.6 is 11.6 Å². The van der Waals surface area contributed by atoms with Gasteiger partial charge in [-0.2, -0.15) is 8.42 Å². The van der Waals surface area contributed by atoms with Crippen molar-refractivity contribution in [1.29, 1.82) is 0 Å². The summed E-state index contributed by atoms with van der Waals surface area (Å²) < 4.78 is 29.1. The molecule has 0 fully saturated rings. The molecule has 0 amide bonds. The van der Waals surface area contributed by atoms with E-state index in [1.807, 2.05) is 20.8 Å². The number of aryl methyl sites for hydroxylation is 3. The highest BCUT2D eigenvalue weighted by atomic mass is 35.5. The van der Waals surface area contributed by atoms with Gasteiger partial charge in [-0.1, -0.05) is 41.4 Å². The second kappa shape index (κ2) is 6.32. The van der Waals surface area contributed by atoms with Crippen LogP contribution in [-0.4, -0.2) is 14.3 Å². The number of anilines is 1. The molecule has 0 saturated heterocycles. The number of nitrogens with zero attached hydrogens (tertiary/aromatic N) is 1. The molecule has 4 nitrogen and oxygen atoms in total. The molecule has 2 aromatic carbocycles. The second-order valence-electron chi connectivity index (χ2n) is 6.27. The summed E-state index contributed by atoms with van der Waals surface area (Å²) in [4.78, 5) is 0.217. The van der Waals surface area contributed by atoms with Crippen molar-refractivity contribution in [3.8, 4) is 0 Å². The van der Waals surface area contributed by atoms with Gasteiger partial charge in [0.2, 0.25) is 0 Å². The van der Waals surface area contributed by atoms with E-state index in [-0.39, 0.29) is 4.91 Å². The highest BCUT2D eigenvalue weighted by Crippen LogP contribution is 2.34. The highest BCUT2D eigenvalue weighted by molar-refractivity contribution is 8.00. The smallest absolute Gasteiger partial charge is 0.285 e. The van der Waals surface area contributed by atoms with Crippen LogP contribution in [0.1, 0.15) is 29.2 Å². The van der Waals surface area contributed by atoms with Gasteiger partial charge >= 0.3 is 0 Å². The number of hydrogen-bond acceptors (Lipinski definition) is 3. The van der Waals surface area contributed by atoms with E-state index in [2.05, 4.69) is 21.8 Å². The number of benzene rings is 2. The van der Waals surface area contributed by atoms with E-state index < -0.39 is 10.0 Å². The van der Waals surface area contributed by atoms with Gasteiger partial charge in [-0.3, -0.25) is 0 Å². The van der Waals surface area contributed by atoms with E-state index in [0.29, 0.717) is 22.0 Å². The number of nitrogens with one attached hydrogen (secondary N) is 1. The molecule has 0 spiro atoms. The number of rotatable bonds is 2. The zero-order valence-corrected chi connectivity index (χ0v) is 16.1. The Morgan fingerprint density at radius 2 is 1.52 bits per heavy atom. The van der Waals surface area contributed by atoms with E-state index in [1.165, 1.54) is 0 Å². The predicted molar refractivity (Wildman–Crippen MR) is 105 cm³/mol. The van der Waals surface area contributed by atoms with E-state index in [1.54, 1.807) is 31.2 Å². The van der Waals surface area contributed by atoms with Gasteiger partial charge < -0.3 is 5.32 Å². The number of sulfonamides is 1. The maximum atomic E-state index is 12.6. The van der Waals surface area contributed by atoms with E-state index >= 15 is 0 Å². The lowest BCUT2D eigenvalue weighted by molar-refractivity contribution is 0.608. The summed E-state index contributed by atoms with van der Waals surface area (Å²) in [5.41, 5.74) is 5.32. The van der Waals surface area contributed by atoms with Gasteiger partial charge in [0.05, 0.1) is 0 Å². The van der Waals surface area contributed by atoms with Crippen LogP contribution in [0.4, 0.5) is 5.69 Å². The summed E-state index contributed by atoms with van der Waals surface area (Å²) in [6, 6.07) is 10.8. The quantitative estimate of drug-likeness (QED) is 0.817. The van der Waals surface area contributed by atoms with Crippen LogP contribution in [0.5, 0.6) is 0 Å². The minimum absolute atomic E-state index is 0.217. The molecule has 0 atom stereocenters. The minimum Gasteiger partial charge on any atom is -0.339 e. The summed E-state index contributed by atoms with van der Waals surface area (Å²) >= 11 is 5.90. The van der Waals surface area contributed by atoms with Crippen molar-refractivity contribution in [1.82, 2.24) is 0 Å². The molecule has 25 heavy (non-hydrogen) atoms. The summed E-state index contributed by atoms with van der Waals surface area (Å²) in [7, 11) is -3.74. The summed E-state index contributed by atoms with van der Waals surface area (Å²) in [6.45, 7) is 7.78. The molecule has 0 radical (unpaired) electrons. The van der Waals surface area contributed by atoms with Crippen LogP contribution in [0, 0.1) is 20.8 Å². The molecule has 1 heterocycles. The first kappa shape index (κ1) is 17.7. The maximum absolute atomic E-state index is 12.6. The van der Waals surface area contributed by atoms with Crippen molar-refractivity contribution in [2.24, 2.45) is 4.40 Å². The molecule has 130 valence electrons. The minimum atomic E-state index is -3.74. The molecule has 0 saturated carbocycles. The molecule has 3 rings (SSSR count). The molecule has 0 aromatic heterocycles. The van der Waals surface area contributed by atoms with Crippen molar-refractivity contribution in [3.05, 3.63) is 69.2 Å². The third-order valence-electron chi connectivity index (χ3n) is 4.19. The first-order chi connectivity index (χ1) is 11.7. The SMILES string of the molecule is CC1=C(c2ccc(Cl)cc2)S(=O)(=O)N=C1Nc1c(C)cc(C)cc1C. The maximum Gasteiger partial charge on any atom is 0.285 e.